The third kappa shape index (κ3) is 5.01. The van der Waals surface area contributed by atoms with Crippen molar-refractivity contribution < 1.29 is 9.18 Å². The van der Waals surface area contributed by atoms with E-state index < -0.39 is 11.8 Å². The summed E-state index contributed by atoms with van der Waals surface area (Å²) in [6, 6.07) is 12.8. The van der Waals surface area contributed by atoms with Crippen molar-refractivity contribution >= 4 is 34.1 Å². The summed E-state index contributed by atoms with van der Waals surface area (Å²) in [6.45, 7) is 8.11. The van der Waals surface area contributed by atoms with Gasteiger partial charge in [0.05, 0.1) is 11.2 Å². The largest absolute Gasteiger partial charge is 0.373 e. The molecule has 4 aromatic rings. The molecule has 0 saturated carbocycles. The van der Waals surface area contributed by atoms with Gasteiger partial charge in [0, 0.05) is 35.4 Å². The monoisotopic (exact) mass is 473 g/mol. The van der Waals surface area contributed by atoms with Crippen LogP contribution in [0.25, 0.3) is 22.0 Å². The van der Waals surface area contributed by atoms with E-state index in [-0.39, 0.29) is 16.7 Å². The number of aromatic nitrogens is 2. The molecule has 4 N–H and O–H groups in total. The number of anilines is 3. The second-order valence-corrected chi connectivity index (χ2v) is 9.43. The lowest BCUT2D eigenvalue weighted by atomic mass is 9.87. The Hall–Kier alpha value is -4.20. The van der Waals surface area contributed by atoms with Crippen molar-refractivity contribution in [3.8, 4) is 11.1 Å². The number of urea groups is 1. The van der Waals surface area contributed by atoms with E-state index >= 15 is 0 Å². The van der Waals surface area contributed by atoms with Crippen LogP contribution in [0.15, 0.2) is 59.5 Å². The van der Waals surface area contributed by atoms with Gasteiger partial charge in [0.25, 0.3) is 5.56 Å². The molecule has 0 aliphatic rings. The molecule has 0 aliphatic carbocycles. The predicted molar refractivity (Wildman–Crippen MR) is 140 cm³/mol. The van der Waals surface area contributed by atoms with Crippen molar-refractivity contribution in [2.24, 2.45) is 0 Å². The highest BCUT2D eigenvalue weighted by molar-refractivity contribution is 6.00. The number of amides is 2. The van der Waals surface area contributed by atoms with Gasteiger partial charge < -0.3 is 20.9 Å². The molecule has 2 amide bonds. The van der Waals surface area contributed by atoms with Crippen molar-refractivity contribution in [3.05, 3.63) is 82.0 Å². The predicted octanol–water partition coefficient (Wildman–Crippen LogP) is 6.02. The van der Waals surface area contributed by atoms with Gasteiger partial charge in [-0.2, -0.15) is 0 Å². The number of pyridine rings is 2. The molecule has 4 rings (SSSR count). The zero-order chi connectivity index (χ0) is 25.3. The molecule has 0 radical (unpaired) electrons. The number of carbonyl (C=O) groups excluding carboxylic acids is 1. The van der Waals surface area contributed by atoms with Gasteiger partial charge >= 0.3 is 6.03 Å². The van der Waals surface area contributed by atoms with Gasteiger partial charge in [-0.25, -0.2) is 14.2 Å². The average Bonchev–Trinajstić information content (AvgIpc) is 2.80. The molecule has 0 spiro atoms. The minimum Gasteiger partial charge on any atom is -0.373 e. The summed E-state index contributed by atoms with van der Waals surface area (Å²) in [7, 11) is 1.76. The summed E-state index contributed by atoms with van der Waals surface area (Å²) in [5.74, 6) is 0.0638. The SMILES string of the molecule is CNc1ncc2cc(-c3ccc(F)c(NC(=O)Nc4cccc(C(C)(C)C)c4)c3)c(=O)[nH]c2c1C. The summed E-state index contributed by atoms with van der Waals surface area (Å²) in [5, 5.41) is 9.03. The van der Waals surface area contributed by atoms with E-state index in [1.54, 1.807) is 25.4 Å². The first-order chi connectivity index (χ1) is 16.6. The zero-order valence-electron chi connectivity index (χ0n) is 20.3. The average molecular weight is 474 g/mol. The van der Waals surface area contributed by atoms with Crippen LogP contribution in [0, 0.1) is 12.7 Å². The Bertz CT molecular complexity index is 1490. The second kappa shape index (κ2) is 9.21. The van der Waals surface area contributed by atoms with Crippen molar-refractivity contribution in [2.45, 2.75) is 33.1 Å². The van der Waals surface area contributed by atoms with Gasteiger partial charge in [-0.15, -0.1) is 0 Å². The molecule has 35 heavy (non-hydrogen) atoms. The highest BCUT2D eigenvalue weighted by Crippen LogP contribution is 2.28. The molecule has 2 aromatic heterocycles. The maximum Gasteiger partial charge on any atom is 0.323 e. The van der Waals surface area contributed by atoms with Crippen LogP contribution in [0.4, 0.5) is 26.4 Å². The minimum absolute atomic E-state index is 0.0358. The van der Waals surface area contributed by atoms with Crippen LogP contribution >= 0.6 is 0 Å². The van der Waals surface area contributed by atoms with Crippen LogP contribution in [0.3, 0.4) is 0 Å². The molecule has 2 aromatic carbocycles. The Kier molecular flexibility index (Phi) is 6.30. The number of nitrogens with zero attached hydrogens (tertiary/aromatic N) is 1. The fourth-order valence-electron chi connectivity index (χ4n) is 3.91. The Labute approximate surface area is 202 Å². The number of rotatable bonds is 4. The Morgan fingerprint density at radius 1 is 1.06 bits per heavy atom. The van der Waals surface area contributed by atoms with E-state index in [1.165, 1.54) is 18.2 Å². The first-order valence-corrected chi connectivity index (χ1v) is 11.3. The molecule has 0 fully saturated rings. The summed E-state index contributed by atoms with van der Waals surface area (Å²) in [6.07, 6.45) is 1.66. The highest BCUT2D eigenvalue weighted by atomic mass is 19.1. The normalized spacial score (nSPS) is 11.4. The van der Waals surface area contributed by atoms with Crippen LogP contribution in [0.1, 0.15) is 31.9 Å². The molecular formula is C27H28FN5O2. The topological polar surface area (TPSA) is 98.9 Å². The van der Waals surface area contributed by atoms with Crippen molar-refractivity contribution in [2.75, 3.05) is 23.0 Å². The Morgan fingerprint density at radius 2 is 1.83 bits per heavy atom. The van der Waals surface area contributed by atoms with E-state index in [0.29, 0.717) is 28.1 Å². The van der Waals surface area contributed by atoms with Gasteiger partial charge in [0.1, 0.15) is 11.6 Å². The number of aromatic amines is 1. The van der Waals surface area contributed by atoms with E-state index in [2.05, 4.69) is 46.7 Å². The van der Waals surface area contributed by atoms with Crippen LogP contribution in [-0.2, 0) is 5.41 Å². The van der Waals surface area contributed by atoms with Crippen LogP contribution in [0.5, 0.6) is 0 Å². The molecule has 0 aliphatic heterocycles. The fourth-order valence-corrected chi connectivity index (χ4v) is 3.91. The maximum absolute atomic E-state index is 14.5. The molecular weight excluding hydrogens is 445 g/mol. The maximum atomic E-state index is 14.5. The quantitative estimate of drug-likeness (QED) is 0.291. The van der Waals surface area contributed by atoms with Gasteiger partial charge in [-0.05, 0) is 53.8 Å². The Morgan fingerprint density at radius 3 is 2.54 bits per heavy atom. The summed E-state index contributed by atoms with van der Waals surface area (Å²) >= 11 is 0. The van der Waals surface area contributed by atoms with Gasteiger partial charge in [0.2, 0.25) is 0 Å². The molecule has 0 unspecified atom stereocenters. The molecule has 180 valence electrons. The first kappa shape index (κ1) is 23.9. The fraction of sp³-hybridized carbons (Fsp3) is 0.222. The number of fused-ring (bicyclic) bond motifs is 1. The number of hydrogen-bond donors (Lipinski definition) is 4. The second-order valence-electron chi connectivity index (χ2n) is 9.43. The van der Waals surface area contributed by atoms with Crippen molar-refractivity contribution in [1.29, 1.82) is 0 Å². The number of hydrogen-bond acceptors (Lipinski definition) is 4. The summed E-state index contributed by atoms with van der Waals surface area (Å²) in [4.78, 5) is 32.7. The summed E-state index contributed by atoms with van der Waals surface area (Å²) in [5.41, 5.74) is 3.53. The highest BCUT2D eigenvalue weighted by Gasteiger charge is 2.16. The summed E-state index contributed by atoms with van der Waals surface area (Å²) < 4.78 is 14.5. The van der Waals surface area contributed by atoms with Crippen LogP contribution < -0.4 is 21.5 Å². The zero-order valence-corrected chi connectivity index (χ0v) is 20.3. The minimum atomic E-state index is -0.610. The number of aryl methyl sites for hydroxylation is 1. The van der Waals surface area contributed by atoms with E-state index in [9.17, 15) is 14.0 Å². The molecule has 0 saturated heterocycles. The Balaban J connectivity index is 1.62. The number of benzene rings is 2. The van der Waals surface area contributed by atoms with E-state index in [4.69, 9.17) is 0 Å². The number of nitrogens with one attached hydrogen (secondary N) is 4. The van der Waals surface area contributed by atoms with Crippen LogP contribution in [0.2, 0.25) is 0 Å². The van der Waals surface area contributed by atoms with Crippen LogP contribution in [-0.4, -0.2) is 23.0 Å². The lowest BCUT2D eigenvalue weighted by Gasteiger charge is -2.20. The molecule has 0 bridgehead atoms. The van der Waals surface area contributed by atoms with Crippen molar-refractivity contribution in [3.63, 3.8) is 0 Å². The first-order valence-electron chi connectivity index (χ1n) is 11.3. The van der Waals surface area contributed by atoms with Gasteiger partial charge in [-0.1, -0.05) is 39.0 Å². The lowest BCUT2D eigenvalue weighted by Crippen LogP contribution is -2.21. The smallest absolute Gasteiger partial charge is 0.323 e. The third-order valence-electron chi connectivity index (χ3n) is 5.88. The van der Waals surface area contributed by atoms with Gasteiger partial charge in [-0.3, -0.25) is 4.79 Å². The number of H-pyrrole nitrogens is 1. The third-order valence-corrected chi connectivity index (χ3v) is 5.88. The standard InChI is InChI=1S/C27H28FN5O2/c1-15-23-17(14-30-24(15)29-5)11-20(25(34)33-23)16-9-10-21(28)22(12-16)32-26(35)31-19-8-6-7-18(13-19)27(2,3)4/h6-14H,1-5H3,(H,29,30)(H,33,34)(H2,31,32,35). The molecule has 0 atom stereocenters. The lowest BCUT2D eigenvalue weighted by molar-refractivity contribution is 0.262. The molecule has 2 heterocycles. The molecule has 8 heteroatoms. The molecule has 7 nitrogen and oxygen atoms in total. The number of halogens is 1. The van der Waals surface area contributed by atoms with E-state index in [1.807, 2.05) is 25.1 Å². The van der Waals surface area contributed by atoms with E-state index in [0.717, 1.165) is 16.5 Å². The van der Waals surface area contributed by atoms with Gasteiger partial charge in [0.15, 0.2) is 0 Å². The number of carbonyl (C=O) groups is 1. The van der Waals surface area contributed by atoms with Crippen molar-refractivity contribution in [1.82, 2.24) is 9.97 Å².